The van der Waals surface area contributed by atoms with Crippen molar-refractivity contribution in [3.05, 3.63) is 27.9 Å². The molecule has 6 heteroatoms. The molecule has 0 aliphatic carbocycles. The van der Waals surface area contributed by atoms with Gasteiger partial charge in [-0.25, -0.2) is 4.79 Å². The van der Waals surface area contributed by atoms with Crippen molar-refractivity contribution in [2.75, 3.05) is 0 Å². The van der Waals surface area contributed by atoms with Gasteiger partial charge in [0.1, 0.15) is 5.38 Å². The molecular weight excluding hydrogens is 220 g/mol. The zero-order valence-corrected chi connectivity index (χ0v) is 9.15. The Labute approximate surface area is 91.3 Å². The number of halogens is 1. The van der Waals surface area contributed by atoms with Gasteiger partial charge in [0.15, 0.2) is 0 Å². The number of hydrogen-bond acceptors (Lipinski definition) is 3. The number of nitrogens with zero attached hydrogens (tertiary/aromatic N) is 2. The summed E-state index contributed by atoms with van der Waals surface area (Å²) in [6.45, 7) is 3.34. The zero-order valence-electron chi connectivity index (χ0n) is 8.40. The number of aliphatic carboxylic acids is 1. The number of hydrogen-bond donors (Lipinski definition) is 1. The molecule has 0 bridgehead atoms. The van der Waals surface area contributed by atoms with Crippen LogP contribution in [0.3, 0.4) is 0 Å². The standard InChI is InChI=1S/C9H11ClN2O3/c1-5-3-6(2)12(9(15)11-5)4-7(10)8(13)14/h3,7H,4H2,1-2H3,(H,13,14). The number of carboxylic acid groups (broad SMARTS) is 1. The second-order valence-corrected chi connectivity index (χ2v) is 3.76. The van der Waals surface area contributed by atoms with E-state index in [9.17, 15) is 9.59 Å². The molecule has 15 heavy (non-hydrogen) atoms. The first-order valence-corrected chi connectivity index (χ1v) is 4.77. The van der Waals surface area contributed by atoms with Crippen LogP contribution in [0.15, 0.2) is 10.9 Å². The van der Waals surface area contributed by atoms with Gasteiger partial charge in [-0.3, -0.25) is 9.36 Å². The summed E-state index contributed by atoms with van der Waals surface area (Å²) in [4.78, 5) is 25.6. The lowest BCUT2D eigenvalue weighted by Crippen LogP contribution is -2.31. The number of alkyl halides is 1. The Morgan fingerprint density at radius 1 is 1.67 bits per heavy atom. The van der Waals surface area contributed by atoms with Crippen LogP contribution < -0.4 is 5.69 Å². The molecule has 1 N–H and O–H groups in total. The maximum absolute atomic E-state index is 11.4. The Hall–Kier alpha value is -1.36. The Kier molecular flexibility index (Phi) is 3.47. The summed E-state index contributed by atoms with van der Waals surface area (Å²) >= 11 is 5.55. The van der Waals surface area contributed by atoms with Crippen molar-refractivity contribution >= 4 is 17.6 Å². The van der Waals surface area contributed by atoms with E-state index in [1.54, 1.807) is 19.9 Å². The summed E-state index contributed by atoms with van der Waals surface area (Å²) in [6.07, 6.45) is 0. The monoisotopic (exact) mass is 230 g/mol. The third-order valence-corrected chi connectivity index (χ3v) is 2.28. The summed E-state index contributed by atoms with van der Waals surface area (Å²) < 4.78 is 1.25. The average Bonchev–Trinajstić information content (AvgIpc) is 2.10. The van der Waals surface area contributed by atoms with Crippen molar-refractivity contribution in [2.45, 2.75) is 25.8 Å². The second kappa shape index (κ2) is 4.44. The lowest BCUT2D eigenvalue weighted by atomic mass is 10.3. The van der Waals surface area contributed by atoms with E-state index in [4.69, 9.17) is 16.7 Å². The van der Waals surface area contributed by atoms with Gasteiger partial charge in [0.25, 0.3) is 0 Å². The Bertz CT molecular complexity index is 441. The number of rotatable bonds is 3. The van der Waals surface area contributed by atoms with Crippen molar-refractivity contribution in [3.8, 4) is 0 Å². The quantitative estimate of drug-likeness (QED) is 0.770. The average molecular weight is 231 g/mol. The first kappa shape index (κ1) is 11.7. The molecule has 1 unspecified atom stereocenters. The highest BCUT2D eigenvalue weighted by Crippen LogP contribution is 2.03. The molecule has 0 aromatic carbocycles. The van der Waals surface area contributed by atoms with E-state index in [2.05, 4.69) is 4.98 Å². The zero-order chi connectivity index (χ0) is 11.6. The molecule has 1 aromatic heterocycles. The first-order valence-electron chi connectivity index (χ1n) is 4.34. The van der Waals surface area contributed by atoms with E-state index in [0.717, 1.165) is 0 Å². The SMILES string of the molecule is Cc1cc(C)n(CC(Cl)C(=O)O)c(=O)n1. The molecule has 0 aliphatic heterocycles. The van der Waals surface area contributed by atoms with Crippen LogP contribution in [-0.4, -0.2) is 26.0 Å². The molecule has 0 saturated heterocycles. The summed E-state index contributed by atoms with van der Waals surface area (Å²) in [5.41, 5.74) is 0.786. The van der Waals surface area contributed by atoms with E-state index in [1.165, 1.54) is 4.57 Å². The van der Waals surface area contributed by atoms with E-state index < -0.39 is 17.0 Å². The molecule has 5 nitrogen and oxygen atoms in total. The van der Waals surface area contributed by atoms with Gasteiger partial charge in [0, 0.05) is 11.4 Å². The molecule has 0 radical (unpaired) electrons. The van der Waals surface area contributed by atoms with Crippen LogP contribution >= 0.6 is 11.6 Å². The van der Waals surface area contributed by atoms with E-state index >= 15 is 0 Å². The van der Waals surface area contributed by atoms with Crippen LogP contribution in [0.1, 0.15) is 11.4 Å². The maximum atomic E-state index is 11.4. The summed E-state index contributed by atoms with van der Waals surface area (Å²) in [5.74, 6) is -1.15. The number of carboxylic acids is 1. The van der Waals surface area contributed by atoms with Gasteiger partial charge in [0.2, 0.25) is 0 Å². The molecule has 0 fully saturated rings. The maximum Gasteiger partial charge on any atom is 0.348 e. The number of carbonyl (C=O) groups is 1. The molecule has 0 saturated carbocycles. The van der Waals surface area contributed by atoms with Crippen LogP contribution in [0.2, 0.25) is 0 Å². The van der Waals surface area contributed by atoms with Gasteiger partial charge in [-0.15, -0.1) is 11.6 Å². The smallest absolute Gasteiger partial charge is 0.348 e. The van der Waals surface area contributed by atoms with Crippen molar-refractivity contribution < 1.29 is 9.90 Å². The van der Waals surface area contributed by atoms with Crippen LogP contribution in [0.25, 0.3) is 0 Å². The second-order valence-electron chi connectivity index (χ2n) is 3.24. The Morgan fingerprint density at radius 2 is 2.27 bits per heavy atom. The van der Waals surface area contributed by atoms with E-state index in [1.807, 2.05) is 0 Å². The predicted molar refractivity (Wildman–Crippen MR) is 55.2 cm³/mol. The minimum atomic E-state index is -1.15. The molecule has 82 valence electrons. The highest BCUT2D eigenvalue weighted by Gasteiger charge is 2.16. The van der Waals surface area contributed by atoms with Crippen molar-refractivity contribution in [1.29, 1.82) is 0 Å². The molecule has 0 amide bonds. The summed E-state index contributed by atoms with van der Waals surface area (Å²) in [7, 11) is 0. The molecule has 1 rings (SSSR count). The van der Waals surface area contributed by atoms with E-state index in [-0.39, 0.29) is 6.54 Å². The van der Waals surface area contributed by atoms with Crippen molar-refractivity contribution in [2.24, 2.45) is 0 Å². The van der Waals surface area contributed by atoms with Crippen LogP contribution in [0.5, 0.6) is 0 Å². The number of aryl methyl sites for hydroxylation is 2. The van der Waals surface area contributed by atoms with Crippen molar-refractivity contribution in [3.63, 3.8) is 0 Å². The first-order chi connectivity index (χ1) is 6.91. The minimum absolute atomic E-state index is 0.0746. The summed E-state index contributed by atoms with van der Waals surface area (Å²) in [6, 6.07) is 1.70. The Morgan fingerprint density at radius 3 is 2.73 bits per heavy atom. The van der Waals surface area contributed by atoms with Gasteiger partial charge >= 0.3 is 11.7 Å². The molecule has 0 spiro atoms. The fourth-order valence-corrected chi connectivity index (χ4v) is 1.37. The lowest BCUT2D eigenvalue weighted by Gasteiger charge is -2.10. The van der Waals surface area contributed by atoms with Gasteiger partial charge < -0.3 is 5.11 Å². The largest absolute Gasteiger partial charge is 0.480 e. The minimum Gasteiger partial charge on any atom is -0.480 e. The van der Waals surface area contributed by atoms with Gasteiger partial charge in [-0.05, 0) is 19.9 Å². The third-order valence-electron chi connectivity index (χ3n) is 1.96. The van der Waals surface area contributed by atoms with Gasteiger partial charge in [-0.1, -0.05) is 0 Å². The van der Waals surface area contributed by atoms with Crippen LogP contribution in [0, 0.1) is 13.8 Å². The highest BCUT2D eigenvalue weighted by molar-refractivity contribution is 6.29. The fraction of sp³-hybridized carbons (Fsp3) is 0.444. The normalized spacial score (nSPS) is 12.5. The topological polar surface area (TPSA) is 72.2 Å². The molecule has 1 aromatic rings. The molecule has 1 atom stereocenters. The van der Waals surface area contributed by atoms with E-state index in [0.29, 0.717) is 11.4 Å². The molecule has 0 aliphatic rings. The lowest BCUT2D eigenvalue weighted by molar-refractivity contribution is -0.136. The Balaban J connectivity index is 3.05. The van der Waals surface area contributed by atoms with Crippen LogP contribution in [0.4, 0.5) is 0 Å². The molecular formula is C9H11ClN2O3. The predicted octanol–water partition coefficient (Wildman–Crippen LogP) is 0.552. The van der Waals surface area contributed by atoms with Gasteiger partial charge in [0.05, 0.1) is 6.54 Å². The summed E-state index contributed by atoms with van der Waals surface area (Å²) in [5, 5.41) is 7.49. The van der Waals surface area contributed by atoms with Gasteiger partial charge in [-0.2, -0.15) is 4.98 Å². The fourth-order valence-electron chi connectivity index (χ4n) is 1.24. The van der Waals surface area contributed by atoms with Crippen LogP contribution in [-0.2, 0) is 11.3 Å². The third kappa shape index (κ3) is 2.79. The molecule has 1 heterocycles. The number of aromatic nitrogens is 2. The highest BCUT2D eigenvalue weighted by atomic mass is 35.5. The van der Waals surface area contributed by atoms with Crippen molar-refractivity contribution in [1.82, 2.24) is 9.55 Å².